The number of nitrogens with one attached hydrogen (secondary N) is 2. The van der Waals surface area contributed by atoms with E-state index in [0.717, 1.165) is 11.3 Å². The molecular weight excluding hydrogens is 354 g/mol. The van der Waals surface area contributed by atoms with E-state index in [1.807, 2.05) is 49.4 Å². The van der Waals surface area contributed by atoms with E-state index >= 15 is 0 Å². The second kappa shape index (κ2) is 9.17. The number of para-hydroxylation sites is 1. The van der Waals surface area contributed by atoms with E-state index in [2.05, 4.69) is 10.6 Å². The summed E-state index contributed by atoms with van der Waals surface area (Å²) in [6.07, 6.45) is 1.24. The monoisotopic (exact) mass is 379 g/mol. The van der Waals surface area contributed by atoms with E-state index in [4.69, 9.17) is 0 Å². The van der Waals surface area contributed by atoms with Crippen LogP contribution < -0.4 is 10.6 Å². The number of nitrogens with zero attached hydrogens (tertiary/aromatic N) is 1. The zero-order chi connectivity index (χ0) is 19.9. The number of hydrogen-bond donors (Lipinski definition) is 2. The Bertz CT molecular complexity index is 843. The Morgan fingerprint density at radius 1 is 0.964 bits per heavy atom. The molecule has 2 N–H and O–H groups in total. The molecule has 6 heteroatoms. The van der Waals surface area contributed by atoms with Gasteiger partial charge in [0.25, 0.3) is 5.91 Å². The number of hydrogen-bond acceptors (Lipinski definition) is 3. The van der Waals surface area contributed by atoms with Gasteiger partial charge >= 0.3 is 0 Å². The first kappa shape index (κ1) is 19.6. The lowest BCUT2D eigenvalue weighted by molar-refractivity contribution is -0.133. The molecule has 146 valence electrons. The van der Waals surface area contributed by atoms with Crippen LogP contribution in [0, 0.1) is 12.8 Å². The van der Waals surface area contributed by atoms with Crippen molar-refractivity contribution in [2.45, 2.75) is 19.8 Å². The Kier molecular flexibility index (Phi) is 6.42. The van der Waals surface area contributed by atoms with Crippen LogP contribution in [0.4, 0.5) is 5.69 Å². The number of aryl methyl sites for hydroxylation is 1. The van der Waals surface area contributed by atoms with E-state index in [0.29, 0.717) is 31.5 Å². The quantitative estimate of drug-likeness (QED) is 0.838. The van der Waals surface area contributed by atoms with Gasteiger partial charge in [-0.15, -0.1) is 0 Å². The molecule has 0 aliphatic carbocycles. The van der Waals surface area contributed by atoms with E-state index in [-0.39, 0.29) is 30.2 Å². The highest BCUT2D eigenvalue weighted by Crippen LogP contribution is 2.19. The summed E-state index contributed by atoms with van der Waals surface area (Å²) in [6, 6.07) is 16.6. The van der Waals surface area contributed by atoms with Gasteiger partial charge < -0.3 is 15.5 Å². The van der Waals surface area contributed by atoms with Crippen LogP contribution in [0.2, 0.25) is 0 Å². The average molecular weight is 379 g/mol. The maximum Gasteiger partial charge on any atom is 0.251 e. The predicted molar refractivity (Wildman–Crippen MR) is 108 cm³/mol. The average Bonchev–Trinajstić information content (AvgIpc) is 2.73. The van der Waals surface area contributed by atoms with Gasteiger partial charge in [-0.2, -0.15) is 0 Å². The summed E-state index contributed by atoms with van der Waals surface area (Å²) in [7, 11) is 0. The molecule has 2 aromatic rings. The summed E-state index contributed by atoms with van der Waals surface area (Å²) in [6.45, 7) is 2.87. The molecule has 1 saturated heterocycles. The summed E-state index contributed by atoms with van der Waals surface area (Å²) in [5.74, 6) is -0.482. The molecule has 0 unspecified atom stereocenters. The van der Waals surface area contributed by atoms with Gasteiger partial charge in [0.15, 0.2) is 0 Å². The molecule has 0 saturated carbocycles. The normalized spacial score (nSPS) is 14.4. The third kappa shape index (κ3) is 4.97. The molecule has 0 spiro atoms. The van der Waals surface area contributed by atoms with E-state index in [1.165, 1.54) is 0 Å². The lowest BCUT2D eigenvalue weighted by Gasteiger charge is -2.31. The van der Waals surface area contributed by atoms with E-state index in [9.17, 15) is 14.4 Å². The summed E-state index contributed by atoms with van der Waals surface area (Å²) < 4.78 is 0. The summed E-state index contributed by atoms with van der Waals surface area (Å²) in [5, 5.41) is 5.61. The number of carbonyl (C=O) groups is 3. The van der Waals surface area contributed by atoms with Crippen LogP contribution in [0.5, 0.6) is 0 Å². The smallest absolute Gasteiger partial charge is 0.251 e. The molecule has 0 atom stereocenters. The molecule has 1 aliphatic heterocycles. The first-order valence-electron chi connectivity index (χ1n) is 9.52. The van der Waals surface area contributed by atoms with Crippen molar-refractivity contribution in [3.63, 3.8) is 0 Å². The maximum atomic E-state index is 12.4. The molecule has 1 heterocycles. The van der Waals surface area contributed by atoms with Gasteiger partial charge in [0, 0.05) is 30.3 Å². The van der Waals surface area contributed by atoms with Crippen molar-refractivity contribution < 1.29 is 14.4 Å². The topological polar surface area (TPSA) is 78.5 Å². The fourth-order valence-electron chi connectivity index (χ4n) is 3.35. The first-order valence-corrected chi connectivity index (χ1v) is 9.52. The second-order valence-corrected chi connectivity index (χ2v) is 7.01. The highest BCUT2D eigenvalue weighted by molar-refractivity contribution is 5.97. The van der Waals surface area contributed by atoms with Gasteiger partial charge in [0.2, 0.25) is 11.8 Å². The SMILES string of the molecule is Cc1ccccc1C(=O)NCC(=O)N1CCC(C(=O)Nc2ccccc2)CC1. The van der Waals surface area contributed by atoms with Crippen molar-refractivity contribution in [1.29, 1.82) is 0 Å². The largest absolute Gasteiger partial charge is 0.343 e. The molecule has 0 aromatic heterocycles. The zero-order valence-electron chi connectivity index (χ0n) is 16.0. The third-order valence-corrected chi connectivity index (χ3v) is 5.05. The van der Waals surface area contributed by atoms with Crippen molar-refractivity contribution in [2.24, 2.45) is 5.92 Å². The second-order valence-electron chi connectivity index (χ2n) is 7.01. The van der Waals surface area contributed by atoms with E-state index < -0.39 is 0 Å². The van der Waals surface area contributed by atoms with Crippen molar-refractivity contribution in [3.05, 3.63) is 65.7 Å². The van der Waals surface area contributed by atoms with Crippen LogP contribution in [0.1, 0.15) is 28.8 Å². The molecule has 2 aromatic carbocycles. The minimum absolute atomic E-state index is 0.00819. The molecule has 28 heavy (non-hydrogen) atoms. The van der Waals surface area contributed by atoms with Crippen LogP contribution in [0.15, 0.2) is 54.6 Å². The van der Waals surface area contributed by atoms with Gasteiger partial charge in [-0.25, -0.2) is 0 Å². The Balaban J connectivity index is 1.44. The molecule has 0 bridgehead atoms. The minimum Gasteiger partial charge on any atom is -0.343 e. The summed E-state index contributed by atoms with van der Waals surface area (Å²) >= 11 is 0. The standard InChI is InChI=1S/C22H25N3O3/c1-16-7-5-6-10-19(16)22(28)23-15-20(26)25-13-11-17(12-14-25)21(27)24-18-8-3-2-4-9-18/h2-10,17H,11-15H2,1H3,(H,23,28)(H,24,27). The number of likely N-dealkylation sites (tertiary alicyclic amines) is 1. The fourth-order valence-corrected chi connectivity index (χ4v) is 3.35. The molecule has 3 amide bonds. The van der Waals surface area contributed by atoms with Gasteiger partial charge in [-0.05, 0) is 43.5 Å². The number of amides is 3. The van der Waals surface area contributed by atoms with Crippen LogP contribution >= 0.6 is 0 Å². The zero-order valence-corrected chi connectivity index (χ0v) is 16.0. The Hall–Kier alpha value is -3.15. The Labute approximate surface area is 164 Å². The van der Waals surface area contributed by atoms with Crippen molar-refractivity contribution in [1.82, 2.24) is 10.2 Å². The summed E-state index contributed by atoms with van der Waals surface area (Å²) in [4.78, 5) is 38.7. The highest BCUT2D eigenvalue weighted by atomic mass is 16.2. The molecule has 0 radical (unpaired) electrons. The van der Waals surface area contributed by atoms with Crippen LogP contribution in [0.25, 0.3) is 0 Å². The van der Waals surface area contributed by atoms with Gasteiger partial charge in [0.1, 0.15) is 0 Å². The Morgan fingerprint density at radius 2 is 1.61 bits per heavy atom. The Morgan fingerprint density at radius 3 is 2.29 bits per heavy atom. The molecular formula is C22H25N3O3. The number of rotatable bonds is 5. The molecule has 6 nitrogen and oxygen atoms in total. The number of benzene rings is 2. The molecule has 1 aliphatic rings. The lowest BCUT2D eigenvalue weighted by atomic mass is 9.95. The van der Waals surface area contributed by atoms with Gasteiger partial charge in [-0.3, -0.25) is 14.4 Å². The van der Waals surface area contributed by atoms with E-state index in [1.54, 1.807) is 17.0 Å². The summed E-state index contributed by atoms with van der Waals surface area (Å²) in [5.41, 5.74) is 2.23. The van der Waals surface area contributed by atoms with Crippen LogP contribution in [-0.2, 0) is 9.59 Å². The van der Waals surface area contributed by atoms with Gasteiger partial charge in [-0.1, -0.05) is 36.4 Å². The van der Waals surface area contributed by atoms with Crippen molar-refractivity contribution in [2.75, 3.05) is 25.0 Å². The third-order valence-electron chi connectivity index (χ3n) is 5.05. The van der Waals surface area contributed by atoms with Crippen LogP contribution in [-0.4, -0.2) is 42.3 Å². The first-order chi connectivity index (χ1) is 13.5. The predicted octanol–water partition coefficient (Wildman–Crippen LogP) is 2.60. The maximum absolute atomic E-state index is 12.4. The fraction of sp³-hybridized carbons (Fsp3) is 0.318. The molecule has 3 rings (SSSR count). The van der Waals surface area contributed by atoms with Crippen molar-refractivity contribution >= 4 is 23.4 Å². The number of piperidine rings is 1. The van der Waals surface area contributed by atoms with Crippen LogP contribution in [0.3, 0.4) is 0 Å². The minimum atomic E-state index is -0.247. The van der Waals surface area contributed by atoms with Gasteiger partial charge in [0.05, 0.1) is 6.54 Å². The molecule has 1 fully saturated rings. The lowest BCUT2D eigenvalue weighted by Crippen LogP contribution is -2.45. The highest BCUT2D eigenvalue weighted by Gasteiger charge is 2.27. The number of carbonyl (C=O) groups excluding carboxylic acids is 3. The number of anilines is 1. The van der Waals surface area contributed by atoms with Crippen molar-refractivity contribution in [3.8, 4) is 0 Å².